The van der Waals surface area contributed by atoms with E-state index < -0.39 is 33.6 Å². The number of anilines is 1. The van der Waals surface area contributed by atoms with Crippen molar-refractivity contribution in [2.75, 3.05) is 36.8 Å². The van der Waals surface area contributed by atoms with Gasteiger partial charge in [0.25, 0.3) is 0 Å². The van der Waals surface area contributed by atoms with E-state index in [4.69, 9.17) is 23.2 Å². The van der Waals surface area contributed by atoms with Crippen LogP contribution in [0, 0.1) is 5.82 Å². The summed E-state index contributed by atoms with van der Waals surface area (Å²) in [7, 11) is -3.79. The highest BCUT2D eigenvalue weighted by molar-refractivity contribution is 7.89. The van der Waals surface area contributed by atoms with Gasteiger partial charge in [0.1, 0.15) is 5.82 Å². The zero-order valence-electron chi connectivity index (χ0n) is 17.8. The smallest absolute Gasteiger partial charge is 0.233 e. The number of halogens is 3. The van der Waals surface area contributed by atoms with Gasteiger partial charge in [0.15, 0.2) is 5.82 Å². The van der Waals surface area contributed by atoms with Gasteiger partial charge in [-0.15, -0.1) is 0 Å². The van der Waals surface area contributed by atoms with Gasteiger partial charge >= 0.3 is 0 Å². The molecule has 9 nitrogen and oxygen atoms in total. The second-order valence-electron chi connectivity index (χ2n) is 7.80. The normalized spacial score (nSPS) is 16.9. The largest absolute Gasteiger partial charge is 0.369 e. The molecule has 1 N–H and O–H groups in total. The van der Waals surface area contributed by atoms with Crippen molar-refractivity contribution >= 4 is 45.3 Å². The van der Waals surface area contributed by atoms with E-state index in [-0.39, 0.29) is 31.7 Å². The highest BCUT2D eigenvalue weighted by Gasteiger charge is 2.33. The Morgan fingerprint density at radius 2 is 1.82 bits per heavy atom. The molecule has 0 bridgehead atoms. The van der Waals surface area contributed by atoms with Crippen LogP contribution in [0.5, 0.6) is 0 Å². The summed E-state index contributed by atoms with van der Waals surface area (Å²) in [5.74, 6) is -1.21. The van der Waals surface area contributed by atoms with Crippen LogP contribution in [0.4, 0.5) is 10.1 Å². The summed E-state index contributed by atoms with van der Waals surface area (Å²) in [6.45, 7) is 3.06. The highest BCUT2D eigenvalue weighted by Crippen LogP contribution is 2.28. The molecule has 0 aliphatic carbocycles. The van der Waals surface area contributed by atoms with Gasteiger partial charge < -0.3 is 4.90 Å². The summed E-state index contributed by atoms with van der Waals surface area (Å²) in [5, 5.41) is 11.2. The number of sulfonamides is 1. The third-order valence-electron chi connectivity index (χ3n) is 5.49. The molecule has 33 heavy (non-hydrogen) atoms. The number of rotatable bonds is 9. The molecule has 13 heteroatoms. The van der Waals surface area contributed by atoms with E-state index in [1.807, 2.05) is 11.0 Å². The minimum absolute atomic E-state index is 0.0728. The summed E-state index contributed by atoms with van der Waals surface area (Å²) in [6.07, 6.45) is 2.26. The Labute approximate surface area is 201 Å². The molecule has 1 aromatic carbocycles. The molecule has 1 aliphatic heterocycles. The van der Waals surface area contributed by atoms with Gasteiger partial charge in [-0.3, -0.25) is 10.0 Å². The van der Waals surface area contributed by atoms with Crippen LogP contribution >= 0.6 is 23.2 Å². The van der Waals surface area contributed by atoms with Gasteiger partial charge in [-0.1, -0.05) is 30.1 Å². The Kier molecular flexibility index (Phi) is 8.46. The van der Waals surface area contributed by atoms with E-state index in [0.29, 0.717) is 28.2 Å². The van der Waals surface area contributed by atoms with E-state index in [9.17, 15) is 22.8 Å². The van der Waals surface area contributed by atoms with Gasteiger partial charge in [0.05, 0.1) is 34.2 Å². The van der Waals surface area contributed by atoms with E-state index >= 15 is 0 Å². The maximum Gasteiger partial charge on any atom is 0.233 e. The average molecular weight is 520 g/mol. The Bertz CT molecular complexity index is 1070. The first-order chi connectivity index (χ1) is 15.6. The molecule has 1 amide bonds. The van der Waals surface area contributed by atoms with Crippen molar-refractivity contribution in [2.24, 2.45) is 0 Å². The van der Waals surface area contributed by atoms with E-state index in [2.05, 4.69) is 9.97 Å². The Balaban J connectivity index is 1.65. The van der Waals surface area contributed by atoms with Crippen LogP contribution in [-0.2, 0) is 14.8 Å². The maximum atomic E-state index is 13.1. The fourth-order valence-corrected chi connectivity index (χ4v) is 5.68. The fourth-order valence-electron chi connectivity index (χ4n) is 3.68. The Morgan fingerprint density at radius 3 is 2.39 bits per heavy atom. The van der Waals surface area contributed by atoms with Crippen molar-refractivity contribution < 1.29 is 22.8 Å². The SMILES string of the molecule is CC(CC(CS(=O)(=O)N1CCN(c2ccc(Cl)c(Cl)c2)CC1)N(O)C=O)c1ncc(F)cn1. The van der Waals surface area contributed by atoms with Gasteiger partial charge in [0.2, 0.25) is 16.4 Å². The lowest BCUT2D eigenvalue weighted by molar-refractivity contribution is -0.159. The van der Waals surface area contributed by atoms with Gasteiger partial charge in [-0.25, -0.2) is 27.8 Å². The number of piperazine rings is 1. The number of hydrogen-bond acceptors (Lipinski definition) is 7. The molecule has 0 spiro atoms. The van der Waals surface area contributed by atoms with E-state index in [1.54, 1.807) is 19.1 Å². The minimum Gasteiger partial charge on any atom is -0.369 e. The topological polar surface area (TPSA) is 107 Å². The number of nitrogens with zero attached hydrogens (tertiary/aromatic N) is 5. The molecular formula is C20H24Cl2FN5O4S. The summed E-state index contributed by atoms with van der Waals surface area (Å²) in [5.41, 5.74) is 0.843. The molecule has 1 fully saturated rings. The Hall–Kier alpha value is -2.05. The molecule has 0 radical (unpaired) electrons. The predicted octanol–water partition coefficient (Wildman–Crippen LogP) is 2.78. The van der Waals surface area contributed by atoms with Gasteiger partial charge in [-0.2, -0.15) is 4.31 Å². The molecule has 2 atom stereocenters. The summed E-state index contributed by atoms with van der Waals surface area (Å²) in [4.78, 5) is 21.0. The summed E-state index contributed by atoms with van der Waals surface area (Å²) < 4.78 is 40.5. The molecule has 1 aliphatic rings. The van der Waals surface area contributed by atoms with Crippen molar-refractivity contribution in [3.05, 3.63) is 52.3 Å². The third-order valence-corrected chi connectivity index (χ3v) is 8.19. The molecule has 0 saturated carbocycles. The number of carbonyl (C=O) groups is 1. The minimum atomic E-state index is -3.79. The second-order valence-corrected chi connectivity index (χ2v) is 10.6. The van der Waals surface area contributed by atoms with Crippen LogP contribution in [0.25, 0.3) is 0 Å². The standard InChI is InChI=1S/C20H24Cl2FN5O4S/c1-14(20-24-10-15(23)11-25-20)8-17(28(30)13-29)12-33(31,32)27-6-4-26(5-7-27)16-2-3-18(21)19(22)9-16/h2-3,9-11,13-14,17,30H,4-8,12H2,1H3. The van der Waals surface area contributed by atoms with Crippen LogP contribution < -0.4 is 4.90 Å². The average Bonchev–Trinajstić information content (AvgIpc) is 2.80. The van der Waals surface area contributed by atoms with Gasteiger partial charge in [-0.05, 0) is 24.6 Å². The quantitative estimate of drug-likeness (QED) is 0.308. The van der Waals surface area contributed by atoms with Crippen molar-refractivity contribution in [3.63, 3.8) is 0 Å². The summed E-state index contributed by atoms with van der Waals surface area (Å²) in [6, 6.07) is 4.22. The zero-order chi connectivity index (χ0) is 24.2. The fraction of sp³-hybridized carbons (Fsp3) is 0.450. The highest BCUT2D eigenvalue weighted by atomic mass is 35.5. The number of amides is 1. The lowest BCUT2D eigenvalue weighted by Crippen LogP contribution is -2.51. The van der Waals surface area contributed by atoms with Crippen LogP contribution in [0.3, 0.4) is 0 Å². The van der Waals surface area contributed by atoms with Crippen molar-refractivity contribution in [1.29, 1.82) is 0 Å². The number of aromatic nitrogens is 2. The molecule has 3 rings (SSSR count). The monoisotopic (exact) mass is 519 g/mol. The Morgan fingerprint density at radius 1 is 1.18 bits per heavy atom. The molecule has 2 unspecified atom stereocenters. The van der Waals surface area contributed by atoms with Gasteiger partial charge in [0, 0.05) is 37.8 Å². The number of carbonyl (C=O) groups excluding carboxylic acids is 1. The maximum absolute atomic E-state index is 13.1. The third kappa shape index (κ3) is 6.51. The first kappa shape index (κ1) is 25.6. The molecule has 2 aromatic rings. The molecule has 1 aromatic heterocycles. The number of hydroxylamine groups is 2. The number of hydrogen-bond donors (Lipinski definition) is 1. The van der Waals surface area contributed by atoms with Crippen molar-refractivity contribution in [1.82, 2.24) is 19.3 Å². The molecular weight excluding hydrogens is 496 g/mol. The van der Waals surface area contributed by atoms with Crippen LogP contribution in [0.15, 0.2) is 30.6 Å². The lowest BCUT2D eigenvalue weighted by atomic mass is 10.0. The van der Waals surface area contributed by atoms with Crippen LogP contribution in [0.1, 0.15) is 25.1 Å². The molecule has 180 valence electrons. The van der Waals surface area contributed by atoms with Crippen LogP contribution in [-0.4, -0.2) is 77.3 Å². The first-order valence-electron chi connectivity index (χ1n) is 10.2. The zero-order valence-corrected chi connectivity index (χ0v) is 20.1. The second kappa shape index (κ2) is 10.9. The predicted molar refractivity (Wildman–Crippen MR) is 123 cm³/mol. The first-order valence-corrected chi connectivity index (χ1v) is 12.5. The van der Waals surface area contributed by atoms with E-state index in [0.717, 1.165) is 18.1 Å². The summed E-state index contributed by atoms with van der Waals surface area (Å²) >= 11 is 12.0. The molecule has 2 heterocycles. The van der Waals surface area contributed by atoms with Crippen molar-refractivity contribution in [2.45, 2.75) is 25.3 Å². The lowest BCUT2D eigenvalue weighted by Gasteiger charge is -2.36. The van der Waals surface area contributed by atoms with Crippen LogP contribution in [0.2, 0.25) is 10.0 Å². The number of benzene rings is 1. The van der Waals surface area contributed by atoms with E-state index in [1.165, 1.54) is 4.31 Å². The molecule has 1 saturated heterocycles. The van der Waals surface area contributed by atoms with Crippen molar-refractivity contribution in [3.8, 4) is 0 Å².